The lowest BCUT2D eigenvalue weighted by Gasteiger charge is -2.00. The molecule has 0 saturated carbocycles. The minimum atomic E-state index is 0.618. The van der Waals surface area contributed by atoms with Gasteiger partial charge in [-0.05, 0) is 43.2 Å². The van der Waals surface area contributed by atoms with Crippen molar-refractivity contribution in [2.24, 2.45) is 17.3 Å². The normalized spacial score (nSPS) is 11.6. The van der Waals surface area contributed by atoms with Gasteiger partial charge in [0, 0.05) is 7.05 Å². The summed E-state index contributed by atoms with van der Waals surface area (Å²) >= 11 is 0. The van der Waals surface area contributed by atoms with Crippen molar-refractivity contribution in [2.75, 3.05) is 0 Å². The van der Waals surface area contributed by atoms with Gasteiger partial charge < -0.3 is 4.57 Å². The molecule has 4 nitrogen and oxygen atoms in total. The first-order valence-corrected chi connectivity index (χ1v) is 6.55. The second kappa shape index (κ2) is 4.89. The Hall–Kier alpha value is -2.49. The summed E-state index contributed by atoms with van der Waals surface area (Å²) in [6, 6.07) is 14.1. The fourth-order valence-corrected chi connectivity index (χ4v) is 2.15. The molecule has 3 rings (SSSR count). The summed E-state index contributed by atoms with van der Waals surface area (Å²) in [5, 5.41) is 8.63. The van der Waals surface area contributed by atoms with E-state index in [9.17, 15) is 0 Å². The van der Waals surface area contributed by atoms with Crippen molar-refractivity contribution >= 4 is 22.7 Å². The second-order valence-corrected chi connectivity index (χ2v) is 4.95. The number of para-hydroxylation sites is 2. The van der Waals surface area contributed by atoms with Gasteiger partial charge in [0.05, 0.1) is 16.7 Å². The highest BCUT2D eigenvalue weighted by atomic mass is 15.3. The van der Waals surface area contributed by atoms with Gasteiger partial charge in [-0.1, -0.05) is 24.3 Å². The highest BCUT2D eigenvalue weighted by Crippen LogP contribution is 2.24. The topological polar surface area (TPSA) is 42.5 Å². The minimum Gasteiger partial charge on any atom is -0.310 e. The molecule has 0 atom stereocenters. The number of fused-ring (bicyclic) bond motifs is 1. The van der Waals surface area contributed by atoms with E-state index in [2.05, 4.69) is 27.3 Å². The van der Waals surface area contributed by atoms with Crippen LogP contribution in [0.5, 0.6) is 0 Å². The van der Waals surface area contributed by atoms with Crippen molar-refractivity contribution in [1.29, 1.82) is 0 Å². The number of aromatic nitrogens is 2. The molecule has 1 heterocycles. The zero-order valence-corrected chi connectivity index (χ0v) is 11.8. The predicted molar refractivity (Wildman–Crippen MR) is 80.8 cm³/mol. The van der Waals surface area contributed by atoms with E-state index in [0.717, 1.165) is 22.3 Å². The molecule has 4 heteroatoms. The number of hydrogen-bond acceptors (Lipinski definition) is 3. The van der Waals surface area contributed by atoms with E-state index in [4.69, 9.17) is 0 Å². The van der Waals surface area contributed by atoms with Crippen molar-refractivity contribution < 1.29 is 0 Å². The highest BCUT2D eigenvalue weighted by molar-refractivity contribution is 5.77. The third-order valence-electron chi connectivity index (χ3n) is 3.38. The smallest absolute Gasteiger partial charge is 0.250 e. The van der Waals surface area contributed by atoms with Gasteiger partial charge in [0.25, 0.3) is 0 Å². The molecule has 0 unspecified atom stereocenters. The van der Waals surface area contributed by atoms with Crippen LogP contribution in [-0.2, 0) is 7.05 Å². The Balaban J connectivity index is 2.02. The number of rotatable bonds is 2. The maximum absolute atomic E-state index is 4.48. The van der Waals surface area contributed by atoms with E-state index in [0.29, 0.717) is 5.95 Å². The molecule has 0 N–H and O–H groups in total. The first-order chi connectivity index (χ1) is 9.65. The molecular weight excluding hydrogens is 248 g/mol. The minimum absolute atomic E-state index is 0.618. The Morgan fingerprint density at radius 1 is 1.00 bits per heavy atom. The van der Waals surface area contributed by atoms with Crippen LogP contribution in [0.3, 0.4) is 0 Å². The Morgan fingerprint density at radius 3 is 2.60 bits per heavy atom. The summed E-state index contributed by atoms with van der Waals surface area (Å²) in [6.45, 7) is 4.08. The molecule has 2 aromatic carbocycles. The van der Waals surface area contributed by atoms with Crippen LogP contribution >= 0.6 is 0 Å². The first-order valence-electron chi connectivity index (χ1n) is 6.55. The largest absolute Gasteiger partial charge is 0.310 e. The average molecular weight is 264 g/mol. The second-order valence-electron chi connectivity index (χ2n) is 4.95. The number of imidazole rings is 1. The molecule has 0 bridgehead atoms. The number of azo groups is 1. The fourth-order valence-electron chi connectivity index (χ4n) is 2.15. The molecular formula is C16H16N4. The van der Waals surface area contributed by atoms with Crippen LogP contribution in [0.4, 0.5) is 11.6 Å². The summed E-state index contributed by atoms with van der Waals surface area (Å²) in [5.74, 6) is 0.618. The third-order valence-corrected chi connectivity index (χ3v) is 3.38. The van der Waals surface area contributed by atoms with E-state index in [1.165, 1.54) is 5.56 Å². The van der Waals surface area contributed by atoms with Crippen LogP contribution in [-0.4, -0.2) is 9.55 Å². The van der Waals surface area contributed by atoms with E-state index in [-0.39, 0.29) is 0 Å². The molecule has 0 fully saturated rings. The highest BCUT2D eigenvalue weighted by Gasteiger charge is 2.06. The van der Waals surface area contributed by atoms with E-state index in [1.807, 2.05) is 55.8 Å². The van der Waals surface area contributed by atoms with Gasteiger partial charge in [0.2, 0.25) is 5.95 Å². The van der Waals surface area contributed by atoms with Crippen LogP contribution in [0, 0.1) is 13.8 Å². The van der Waals surface area contributed by atoms with Gasteiger partial charge in [0.15, 0.2) is 0 Å². The maximum atomic E-state index is 4.48. The molecule has 0 aliphatic rings. The van der Waals surface area contributed by atoms with Crippen LogP contribution < -0.4 is 0 Å². The van der Waals surface area contributed by atoms with Crippen LogP contribution in [0.1, 0.15) is 11.1 Å². The molecule has 100 valence electrons. The van der Waals surface area contributed by atoms with Crippen molar-refractivity contribution in [3.8, 4) is 0 Å². The van der Waals surface area contributed by atoms with Gasteiger partial charge in [0.1, 0.15) is 0 Å². The van der Waals surface area contributed by atoms with Gasteiger partial charge in [-0.2, -0.15) is 0 Å². The summed E-state index contributed by atoms with van der Waals surface area (Å²) in [6.07, 6.45) is 0. The molecule has 1 aromatic heterocycles. The zero-order valence-electron chi connectivity index (χ0n) is 11.8. The van der Waals surface area contributed by atoms with Gasteiger partial charge in [-0.25, -0.2) is 4.98 Å². The molecule has 0 amide bonds. The number of nitrogens with zero attached hydrogens (tertiary/aromatic N) is 4. The maximum Gasteiger partial charge on any atom is 0.250 e. The average Bonchev–Trinajstić information content (AvgIpc) is 2.77. The Bertz CT molecular complexity index is 799. The molecule has 3 aromatic rings. The predicted octanol–water partition coefficient (Wildman–Crippen LogP) is 4.61. The van der Waals surface area contributed by atoms with Gasteiger partial charge in [-0.3, -0.25) is 0 Å². The van der Waals surface area contributed by atoms with Crippen LogP contribution in [0.2, 0.25) is 0 Å². The van der Waals surface area contributed by atoms with E-state index < -0.39 is 0 Å². The summed E-state index contributed by atoms with van der Waals surface area (Å²) in [5.41, 5.74) is 5.16. The molecule has 20 heavy (non-hydrogen) atoms. The van der Waals surface area contributed by atoms with E-state index in [1.54, 1.807) is 0 Å². The molecule has 0 spiro atoms. The van der Waals surface area contributed by atoms with Crippen molar-refractivity contribution in [3.05, 3.63) is 53.6 Å². The lowest BCUT2D eigenvalue weighted by Crippen LogP contribution is -1.85. The van der Waals surface area contributed by atoms with Crippen LogP contribution in [0.25, 0.3) is 11.0 Å². The number of hydrogen-bond donors (Lipinski definition) is 0. The number of aryl methyl sites for hydroxylation is 3. The third kappa shape index (κ3) is 2.20. The lowest BCUT2D eigenvalue weighted by molar-refractivity contribution is 0.920. The standard InChI is InChI=1S/C16H16N4/c1-11-8-9-12(2)14(10-11)18-19-16-17-13-6-4-5-7-15(13)20(16)3/h4-10H,1-3H3/b19-18+. The van der Waals surface area contributed by atoms with Gasteiger partial charge >= 0.3 is 0 Å². The van der Waals surface area contributed by atoms with Gasteiger partial charge in [-0.15, -0.1) is 10.2 Å². The molecule has 0 radical (unpaired) electrons. The zero-order chi connectivity index (χ0) is 14.1. The first kappa shape index (κ1) is 12.5. The molecule has 0 aliphatic carbocycles. The lowest BCUT2D eigenvalue weighted by atomic mass is 10.1. The Kier molecular flexibility index (Phi) is 3.06. The van der Waals surface area contributed by atoms with Crippen LogP contribution in [0.15, 0.2) is 52.7 Å². The summed E-state index contributed by atoms with van der Waals surface area (Å²) in [7, 11) is 1.95. The van der Waals surface area contributed by atoms with Crippen molar-refractivity contribution in [2.45, 2.75) is 13.8 Å². The van der Waals surface area contributed by atoms with Crippen molar-refractivity contribution in [3.63, 3.8) is 0 Å². The fraction of sp³-hybridized carbons (Fsp3) is 0.188. The Morgan fingerprint density at radius 2 is 1.80 bits per heavy atom. The van der Waals surface area contributed by atoms with E-state index >= 15 is 0 Å². The summed E-state index contributed by atoms with van der Waals surface area (Å²) in [4.78, 5) is 4.48. The molecule has 0 saturated heterocycles. The monoisotopic (exact) mass is 264 g/mol. The Labute approximate surface area is 117 Å². The van der Waals surface area contributed by atoms with Crippen molar-refractivity contribution in [1.82, 2.24) is 9.55 Å². The SMILES string of the molecule is Cc1ccc(C)c(/N=N/c2nc3ccccc3n2C)c1. The number of benzene rings is 2. The quantitative estimate of drug-likeness (QED) is 0.623. The summed E-state index contributed by atoms with van der Waals surface area (Å²) < 4.78 is 1.95. The molecule has 0 aliphatic heterocycles.